The highest BCUT2D eigenvalue weighted by Gasteiger charge is 2.41. The Hall–Kier alpha value is -2.10. The summed E-state index contributed by atoms with van der Waals surface area (Å²) in [5, 5.41) is 2.91. The Morgan fingerprint density at radius 2 is 1.78 bits per heavy atom. The van der Waals surface area contributed by atoms with Crippen LogP contribution in [-0.2, 0) is 4.79 Å². The maximum atomic E-state index is 12.4. The molecule has 0 radical (unpaired) electrons. The SMILES string of the molecule is O=C1N[C@@H]2CC=CC[C@H]2C(=O)N1c1ccccc1. The Kier molecular flexibility index (Phi) is 2.63. The second-order valence-corrected chi connectivity index (χ2v) is 4.61. The lowest BCUT2D eigenvalue weighted by Gasteiger charge is -2.38. The third kappa shape index (κ3) is 1.70. The highest BCUT2D eigenvalue weighted by atomic mass is 16.2. The van der Waals surface area contributed by atoms with Gasteiger partial charge in [-0.25, -0.2) is 9.69 Å². The fraction of sp³-hybridized carbons (Fsp3) is 0.286. The average Bonchev–Trinajstić information content (AvgIpc) is 2.40. The number of allylic oxidation sites excluding steroid dienone is 1. The maximum Gasteiger partial charge on any atom is 0.329 e. The van der Waals surface area contributed by atoms with E-state index in [1.54, 1.807) is 12.1 Å². The Bertz CT molecular complexity index is 510. The molecular weight excluding hydrogens is 228 g/mol. The molecule has 18 heavy (non-hydrogen) atoms. The molecule has 3 amide bonds. The van der Waals surface area contributed by atoms with Crippen LogP contribution in [0.5, 0.6) is 0 Å². The second-order valence-electron chi connectivity index (χ2n) is 4.61. The molecule has 0 spiro atoms. The van der Waals surface area contributed by atoms with Crippen molar-refractivity contribution < 1.29 is 9.59 Å². The first-order valence-corrected chi connectivity index (χ1v) is 6.12. The first-order chi connectivity index (χ1) is 8.77. The summed E-state index contributed by atoms with van der Waals surface area (Å²) in [7, 11) is 0. The molecule has 3 rings (SSSR count). The Labute approximate surface area is 105 Å². The number of hydrogen-bond acceptors (Lipinski definition) is 2. The predicted molar refractivity (Wildman–Crippen MR) is 68.1 cm³/mol. The molecule has 2 atom stereocenters. The lowest BCUT2D eigenvalue weighted by atomic mass is 9.86. The molecule has 1 N–H and O–H groups in total. The van der Waals surface area contributed by atoms with Gasteiger partial charge in [-0.15, -0.1) is 0 Å². The van der Waals surface area contributed by atoms with Crippen molar-refractivity contribution in [2.24, 2.45) is 5.92 Å². The number of amides is 3. The molecule has 1 saturated heterocycles. The average molecular weight is 242 g/mol. The molecular formula is C14H14N2O2. The van der Waals surface area contributed by atoms with Crippen molar-refractivity contribution in [1.82, 2.24) is 5.32 Å². The number of rotatable bonds is 1. The molecule has 1 aliphatic heterocycles. The van der Waals surface area contributed by atoms with Crippen molar-refractivity contribution >= 4 is 17.6 Å². The van der Waals surface area contributed by atoms with Crippen LogP contribution in [0.4, 0.5) is 10.5 Å². The third-order valence-corrected chi connectivity index (χ3v) is 3.50. The first-order valence-electron chi connectivity index (χ1n) is 6.12. The molecule has 0 unspecified atom stereocenters. The van der Waals surface area contributed by atoms with Crippen molar-refractivity contribution in [1.29, 1.82) is 0 Å². The van der Waals surface area contributed by atoms with Crippen LogP contribution in [0.1, 0.15) is 12.8 Å². The number of carbonyl (C=O) groups excluding carboxylic acids is 2. The highest BCUT2D eigenvalue weighted by molar-refractivity contribution is 6.17. The summed E-state index contributed by atoms with van der Waals surface area (Å²) in [5.41, 5.74) is 0.632. The van der Waals surface area contributed by atoms with Crippen molar-refractivity contribution in [3.63, 3.8) is 0 Å². The minimum absolute atomic E-state index is 0.0463. The maximum absolute atomic E-state index is 12.4. The molecule has 1 aliphatic carbocycles. The summed E-state index contributed by atoms with van der Waals surface area (Å²) >= 11 is 0. The van der Waals surface area contributed by atoms with Crippen LogP contribution < -0.4 is 10.2 Å². The van der Waals surface area contributed by atoms with E-state index in [1.165, 1.54) is 4.90 Å². The molecule has 4 nitrogen and oxygen atoms in total. The van der Waals surface area contributed by atoms with E-state index in [4.69, 9.17) is 0 Å². The van der Waals surface area contributed by atoms with Crippen LogP contribution in [0.25, 0.3) is 0 Å². The number of anilines is 1. The molecule has 1 heterocycles. The van der Waals surface area contributed by atoms with Gasteiger partial charge in [-0.1, -0.05) is 30.4 Å². The van der Waals surface area contributed by atoms with Crippen molar-refractivity contribution in [2.75, 3.05) is 4.90 Å². The van der Waals surface area contributed by atoms with Crippen LogP contribution in [0.15, 0.2) is 42.5 Å². The van der Waals surface area contributed by atoms with E-state index >= 15 is 0 Å². The molecule has 2 aliphatic rings. The van der Waals surface area contributed by atoms with Gasteiger partial charge < -0.3 is 5.32 Å². The number of fused-ring (bicyclic) bond motifs is 1. The lowest BCUT2D eigenvalue weighted by molar-refractivity contribution is -0.123. The summed E-state index contributed by atoms with van der Waals surface area (Å²) in [6, 6.07) is 8.69. The van der Waals surface area contributed by atoms with Gasteiger partial charge >= 0.3 is 6.03 Å². The van der Waals surface area contributed by atoms with Crippen molar-refractivity contribution in [3.05, 3.63) is 42.5 Å². The number of imide groups is 1. The molecule has 4 heteroatoms. The Morgan fingerprint density at radius 1 is 1.06 bits per heavy atom. The van der Waals surface area contributed by atoms with E-state index < -0.39 is 0 Å². The van der Waals surface area contributed by atoms with Crippen LogP contribution in [-0.4, -0.2) is 18.0 Å². The Balaban J connectivity index is 1.94. The first kappa shape index (κ1) is 11.0. The molecule has 1 aromatic rings. The minimum Gasteiger partial charge on any atom is -0.333 e. The van der Waals surface area contributed by atoms with E-state index in [-0.39, 0.29) is 23.9 Å². The van der Waals surface area contributed by atoms with Gasteiger partial charge in [-0.2, -0.15) is 0 Å². The zero-order valence-corrected chi connectivity index (χ0v) is 9.87. The zero-order chi connectivity index (χ0) is 12.5. The van der Waals surface area contributed by atoms with E-state index in [9.17, 15) is 9.59 Å². The quantitative estimate of drug-likeness (QED) is 0.766. The fourth-order valence-corrected chi connectivity index (χ4v) is 2.56. The number of urea groups is 1. The third-order valence-electron chi connectivity index (χ3n) is 3.50. The summed E-state index contributed by atoms with van der Waals surface area (Å²) in [6.07, 6.45) is 5.48. The van der Waals surface area contributed by atoms with Gasteiger partial charge in [0, 0.05) is 6.04 Å². The topological polar surface area (TPSA) is 49.4 Å². The van der Waals surface area contributed by atoms with E-state index in [0.29, 0.717) is 12.1 Å². The molecule has 0 bridgehead atoms. The summed E-state index contributed by atoms with van der Waals surface area (Å²) in [4.78, 5) is 25.7. The largest absolute Gasteiger partial charge is 0.333 e. The normalized spacial score (nSPS) is 26.8. The zero-order valence-electron chi connectivity index (χ0n) is 9.87. The van der Waals surface area contributed by atoms with Gasteiger partial charge in [0.1, 0.15) is 0 Å². The monoisotopic (exact) mass is 242 g/mol. The number of carbonyl (C=O) groups is 2. The van der Waals surface area contributed by atoms with E-state index in [2.05, 4.69) is 5.32 Å². The van der Waals surface area contributed by atoms with Gasteiger partial charge in [-0.3, -0.25) is 4.79 Å². The van der Waals surface area contributed by atoms with Crippen LogP contribution in [0, 0.1) is 5.92 Å². The van der Waals surface area contributed by atoms with E-state index in [0.717, 1.165) is 6.42 Å². The van der Waals surface area contributed by atoms with Gasteiger partial charge in [0.15, 0.2) is 0 Å². The predicted octanol–water partition coefficient (Wildman–Crippen LogP) is 2.08. The standard InChI is InChI=1S/C14H14N2O2/c17-13-11-8-4-5-9-12(11)15-14(18)16(13)10-6-2-1-3-7-10/h1-7,11-12H,8-9H2,(H,15,18)/t11-,12-/m1/s1. The van der Waals surface area contributed by atoms with E-state index in [1.807, 2.05) is 30.4 Å². The van der Waals surface area contributed by atoms with Crippen LogP contribution in [0.2, 0.25) is 0 Å². The van der Waals surface area contributed by atoms with Crippen molar-refractivity contribution in [3.8, 4) is 0 Å². The minimum atomic E-state index is -0.317. The molecule has 1 aromatic carbocycles. The van der Waals surface area contributed by atoms with Crippen LogP contribution >= 0.6 is 0 Å². The number of benzene rings is 1. The number of nitrogens with zero attached hydrogens (tertiary/aromatic N) is 1. The van der Waals surface area contributed by atoms with Gasteiger partial charge in [0.2, 0.25) is 5.91 Å². The van der Waals surface area contributed by atoms with Gasteiger partial charge in [0.05, 0.1) is 11.6 Å². The highest BCUT2D eigenvalue weighted by Crippen LogP contribution is 2.28. The summed E-state index contributed by atoms with van der Waals surface area (Å²) < 4.78 is 0. The molecule has 1 fully saturated rings. The van der Waals surface area contributed by atoms with Gasteiger partial charge in [-0.05, 0) is 25.0 Å². The van der Waals surface area contributed by atoms with Crippen molar-refractivity contribution in [2.45, 2.75) is 18.9 Å². The smallest absolute Gasteiger partial charge is 0.329 e. The Morgan fingerprint density at radius 3 is 2.56 bits per heavy atom. The molecule has 0 saturated carbocycles. The number of nitrogens with one attached hydrogen (secondary N) is 1. The number of hydrogen-bond donors (Lipinski definition) is 1. The molecule has 92 valence electrons. The summed E-state index contributed by atoms with van der Waals surface area (Å²) in [5.74, 6) is -0.229. The fourth-order valence-electron chi connectivity index (χ4n) is 2.56. The van der Waals surface area contributed by atoms with Gasteiger partial charge in [0.25, 0.3) is 0 Å². The van der Waals surface area contributed by atoms with Crippen LogP contribution in [0.3, 0.4) is 0 Å². The lowest BCUT2D eigenvalue weighted by Crippen LogP contribution is -2.60. The summed E-state index contributed by atoms with van der Waals surface area (Å²) in [6.45, 7) is 0. The number of para-hydroxylation sites is 1. The second kappa shape index (κ2) is 4.29. The molecule has 0 aromatic heterocycles.